The SMILES string of the molecule is CCC(=O)Nc1cc(Cl)c([N+](=O)[O-])cc1OC. The molecule has 1 rings (SSSR count). The van der Waals surface area contributed by atoms with Crippen molar-refractivity contribution in [2.75, 3.05) is 12.4 Å². The average molecular weight is 259 g/mol. The summed E-state index contributed by atoms with van der Waals surface area (Å²) in [7, 11) is 1.36. The molecule has 0 aromatic heterocycles. The number of halogens is 1. The fourth-order valence-corrected chi connectivity index (χ4v) is 1.42. The molecular weight excluding hydrogens is 248 g/mol. The molecule has 0 heterocycles. The second-order valence-electron chi connectivity index (χ2n) is 3.16. The number of carbonyl (C=O) groups is 1. The van der Waals surface area contributed by atoms with Crippen LogP contribution in [0.3, 0.4) is 0 Å². The zero-order chi connectivity index (χ0) is 13.0. The predicted octanol–water partition coefficient (Wildman–Crippen LogP) is 2.61. The van der Waals surface area contributed by atoms with E-state index in [-0.39, 0.29) is 28.8 Å². The van der Waals surface area contributed by atoms with Gasteiger partial charge in [-0.05, 0) is 6.07 Å². The number of carbonyl (C=O) groups excluding carboxylic acids is 1. The third kappa shape index (κ3) is 3.07. The van der Waals surface area contributed by atoms with E-state index in [4.69, 9.17) is 16.3 Å². The van der Waals surface area contributed by atoms with Crippen molar-refractivity contribution in [3.8, 4) is 5.75 Å². The summed E-state index contributed by atoms with van der Waals surface area (Å²) in [4.78, 5) is 21.3. The van der Waals surface area contributed by atoms with Crippen molar-refractivity contribution in [1.82, 2.24) is 0 Å². The molecule has 0 saturated heterocycles. The van der Waals surface area contributed by atoms with Crippen molar-refractivity contribution in [2.45, 2.75) is 13.3 Å². The Kier molecular flexibility index (Phi) is 4.28. The van der Waals surface area contributed by atoms with Crippen LogP contribution in [-0.4, -0.2) is 17.9 Å². The third-order valence-electron chi connectivity index (χ3n) is 2.06. The van der Waals surface area contributed by atoms with Crippen molar-refractivity contribution < 1.29 is 14.5 Å². The van der Waals surface area contributed by atoms with Crippen LogP contribution >= 0.6 is 11.6 Å². The van der Waals surface area contributed by atoms with Gasteiger partial charge in [-0.25, -0.2) is 0 Å². The Hall–Kier alpha value is -1.82. The number of amides is 1. The predicted molar refractivity (Wildman–Crippen MR) is 63.6 cm³/mol. The number of anilines is 1. The molecule has 7 heteroatoms. The first-order valence-electron chi connectivity index (χ1n) is 4.81. The monoisotopic (exact) mass is 258 g/mol. The van der Waals surface area contributed by atoms with E-state index < -0.39 is 4.92 Å². The van der Waals surface area contributed by atoms with Crippen LogP contribution in [0.1, 0.15) is 13.3 Å². The maximum Gasteiger partial charge on any atom is 0.291 e. The Labute approximate surface area is 103 Å². The molecule has 1 amide bonds. The molecule has 92 valence electrons. The summed E-state index contributed by atoms with van der Waals surface area (Å²) < 4.78 is 4.96. The van der Waals surface area contributed by atoms with Gasteiger partial charge in [-0.2, -0.15) is 0 Å². The van der Waals surface area contributed by atoms with E-state index in [1.807, 2.05) is 0 Å². The van der Waals surface area contributed by atoms with Gasteiger partial charge in [0.05, 0.1) is 23.8 Å². The fraction of sp³-hybridized carbons (Fsp3) is 0.300. The highest BCUT2D eigenvalue weighted by Crippen LogP contribution is 2.35. The molecule has 0 aliphatic heterocycles. The number of nitro benzene ring substituents is 1. The average Bonchev–Trinajstić information content (AvgIpc) is 2.28. The molecule has 1 aromatic carbocycles. The normalized spacial score (nSPS) is 9.82. The van der Waals surface area contributed by atoms with Gasteiger partial charge in [-0.1, -0.05) is 18.5 Å². The minimum atomic E-state index is -0.615. The Balaban J connectivity index is 3.18. The number of rotatable bonds is 4. The number of nitrogens with one attached hydrogen (secondary N) is 1. The van der Waals surface area contributed by atoms with Crippen molar-refractivity contribution in [3.63, 3.8) is 0 Å². The number of hydrogen-bond acceptors (Lipinski definition) is 4. The van der Waals surface area contributed by atoms with Gasteiger partial charge in [-0.3, -0.25) is 14.9 Å². The summed E-state index contributed by atoms with van der Waals surface area (Å²) >= 11 is 5.73. The van der Waals surface area contributed by atoms with Crippen LogP contribution in [0.25, 0.3) is 0 Å². The summed E-state index contributed by atoms with van der Waals surface area (Å²) in [5.41, 5.74) is 0.0490. The van der Waals surface area contributed by atoms with Gasteiger partial charge >= 0.3 is 0 Å². The molecule has 0 bridgehead atoms. The Morgan fingerprint density at radius 3 is 2.71 bits per heavy atom. The molecule has 0 saturated carbocycles. The highest BCUT2D eigenvalue weighted by molar-refractivity contribution is 6.33. The summed E-state index contributed by atoms with van der Waals surface area (Å²) in [5.74, 6) is -0.0314. The molecular formula is C10H11ClN2O4. The molecule has 0 fully saturated rings. The Bertz CT molecular complexity index is 462. The molecule has 1 N–H and O–H groups in total. The van der Waals surface area contributed by atoms with E-state index in [1.54, 1.807) is 6.92 Å². The van der Waals surface area contributed by atoms with E-state index in [9.17, 15) is 14.9 Å². The van der Waals surface area contributed by atoms with Crippen LogP contribution < -0.4 is 10.1 Å². The lowest BCUT2D eigenvalue weighted by molar-refractivity contribution is -0.384. The maximum atomic E-state index is 11.2. The molecule has 17 heavy (non-hydrogen) atoms. The largest absolute Gasteiger partial charge is 0.494 e. The van der Waals surface area contributed by atoms with Crippen LogP contribution in [0.15, 0.2) is 12.1 Å². The van der Waals surface area contributed by atoms with E-state index in [2.05, 4.69) is 5.32 Å². The first-order chi connectivity index (χ1) is 7.99. The zero-order valence-electron chi connectivity index (χ0n) is 9.32. The van der Waals surface area contributed by atoms with Crippen molar-refractivity contribution in [3.05, 3.63) is 27.3 Å². The standard InChI is InChI=1S/C10H11ClN2O4/c1-3-10(14)12-7-4-6(11)8(13(15)16)5-9(7)17-2/h4-5H,3H2,1-2H3,(H,12,14). The lowest BCUT2D eigenvalue weighted by Gasteiger charge is -2.10. The van der Waals surface area contributed by atoms with Gasteiger partial charge in [-0.15, -0.1) is 0 Å². The fourth-order valence-electron chi connectivity index (χ4n) is 1.19. The second-order valence-corrected chi connectivity index (χ2v) is 3.57. The number of nitrogens with zero attached hydrogens (tertiary/aromatic N) is 1. The molecule has 0 radical (unpaired) electrons. The topological polar surface area (TPSA) is 81.5 Å². The number of methoxy groups -OCH3 is 1. The quantitative estimate of drug-likeness (QED) is 0.665. The van der Waals surface area contributed by atoms with Gasteiger partial charge in [0.25, 0.3) is 5.69 Å². The molecule has 0 aliphatic rings. The first kappa shape index (κ1) is 13.2. The highest BCUT2D eigenvalue weighted by atomic mass is 35.5. The summed E-state index contributed by atoms with van der Waals surface area (Å²) in [6, 6.07) is 2.47. The van der Waals surface area contributed by atoms with Crippen molar-refractivity contribution >= 4 is 28.9 Å². The molecule has 6 nitrogen and oxygen atoms in total. The van der Waals surface area contributed by atoms with E-state index >= 15 is 0 Å². The maximum absolute atomic E-state index is 11.2. The molecule has 1 aromatic rings. The lowest BCUT2D eigenvalue weighted by atomic mass is 10.2. The third-order valence-corrected chi connectivity index (χ3v) is 2.36. The number of nitro groups is 1. The summed E-state index contributed by atoms with van der Waals surface area (Å²) in [6.45, 7) is 1.69. The van der Waals surface area contributed by atoms with Gasteiger partial charge < -0.3 is 10.1 Å². The van der Waals surface area contributed by atoms with Gasteiger partial charge in [0, 0.05) is 6.42 Å². The second kappa shape index (κ2) is 5.49. The van der Waals surface area contributed by atoms with Crippen LogP contribution in [0.4, 0.5) is 11.4 Å². The van der Waals surface area contributed by atoms with E-state index in [0.717, 1.165) is 0 Å². The molecule has 0 unspecified atom stereocenters. The van der Waals surface area contributed by atoms with Crippen LogP contribution in [-0.2, 0) is 4.79 Å². The lowest BCUT2D eigenvalue weighted by Crippen LogP contribution is -2.10. The first-order valence-corrected chi connectivity index (χ1v) is 5.19. The van der Waals surface area contributed by atoms with Crippen LogP contribution in [0, 0.1) is 10.1 Å². The number of benzene rings is 1. The highest BCUT2D eigenvalue weighted by Gasteiger charge is 2.18. The van der Waals surface area contributed by atoms with Gasteiger partial charge in [0.2, 0.25) is 5.91 Å². The van der Waals surface area contributed by atoms with Crippen molar-refractivity contribution in [2.24, 2.45) is 0 Å². The molecule has 0 spiro atoms. The molecule has 0 atom stereocenters. The summed E-state index contributed by atoms with van der Waals surface area (Å²) in [5, 5.41) is 13.2. The van der Waals surface area contributed by atoms with Crippen LogP contribution in [0.2, 0.25) is 5.02 Å². The Morgan fingerprint density at radius 1 is 1.59 bits per heavy atom. The smallest absolute Gasteiger partial charge is 0.291 e. The number of ether oxygens (including phenoxy) is 1. The van der Waals surface area contributed by atoms with Crippen LogP contribution in [0.5, 0.6) is 5.75 Å². The Morgan fingerprint density at radius 2 is 2.24 bits per heavy atom. The van der Waals surface area contributed by atoms with E-state index in [0.29, 0.717) is 5.69 Å². The summed E-state index contributed by atoms with van der Waals surface area (Å²) in [6.07, 6.45) is 0.289. The zero-order valence-corrected chi connectivity index (χ0v) is 10.1. The molecule has 0 aliphatic carbocycles. The van der Waals surface area contributed by atoms with Crippen molar-refractivity contribution in [1.29, 1.82) is 0 Å². The number of hydrogen-bond donors (Lipinski definition) is 1. The van der Waals surface area contributed by atoms with Gasteiger partial charge in [0.1, 0.15) is 10.8 Å². The van der Waals surface area contributed by atoms with Gasteiger partial charge in [0.15, 0.2) is 0 Å². The minimum Gasteiger partial charge on any atom is -0.494 e. The minimum absolute atomic E-state index is 0.0535. The van der Waals surface area contributed by atoms with E-state index in [1.165, 1.54) is 19.2 Å².